The van der Waals surface area contributed by atoms with Crippen molar-refractivity contribution in [3.63, 3.8) is 0 Å². The van der Waals surface area contributed by atoms with E-state index in [1.807, 2.05) is 60.9 Å². The first-order valence-electron chi connectivity index (χ1n) is 12.6. The van der Waals surface area contributed by atoms with Crippen LogP contribution in [-0.4, -0.2) is 40.1 Å². The van der Waals surface area contributed by atoms with Crippen LogP contribution < -0.4 is 5.32 Å². The third-order valence-corrected chi connectivity index (χ3v) is 6.57. The van der Waals surface area contributed by atoms with Gasteiger partial charge in [-0.1, -0.05) is 36.4 Å². The van der Waals surface area contributed by atoms with E-state index in [0.29, 0.717) is 18.1 Å². The molecule has 1 aromatic carbocycles. The summed E-state index contributed by atoms with van der Waals surface area (Å²) < 4.78 is 0. The zero-order valence-electron chi connectivity index (χ0n) is 20.8. The predicted octanol–water partition coefficient (Wildman–Crippen LogP) is 5.31. The van der Waals surface area contributed by atoms with Crippen molar-refractivity contribution in [1.82, 2.24) is 45.4 Å². The van der Waals surface area contributed by atoms with Gasteiger partial charge in [-0.3, -0.25) is 25.0 Å². The molecule has 188 valence electrons. The first kappa shape index (κ1) is 22.9. The Labute approximate surface area is 223 Å². The normalized spacial score (nSPS) is 11.4. The standard InChI is InChI=1S/C30H23N9/c1-2-6-19(7-3-1)14-31-15-20-12-21(17-32-16-20)25-13-22-26(18-35-25)38-39-27(22)30-36-24-9-11-34-28(29(24)37-30)23-8-4-5-10-33-23/h1-13,16-18,31H,14-15H2,(H,36,37)(H,38,39). The van der Waals surface area contributed by atoms with Crippen LogP contribution in [0.1, 0.15) is 11.1 Å². The van der Waals surface area contributed by atoms with Crippen molar-refractivity contribution in [3.05, 3.63) is 109 Å². The average molecular weight is 510 g/mol. The van der Waals surface area contributed by atoms with E-state index in [9.17, 15) is 0 Å². The largest absolute Gasteiger partial charge is 0.336 e. The van der Waals surface area contributed by atoms with Gasteiger partial charge in [0, 0.05) is 48.8 Å². The molecule has 0 unspecified atom stereocenters. The quantitative estimate of drug-likeness (QED) is 0.266. The molecule has 0 aliphatic carbocycles. The molecule has 6 heterocycles. The second-order valence-electron chi connectivity index (χ2n) is 9.21. The van der Waals surface area contributed by atoms with Crippen LogP contribution in [0.4, 0.5) is 0 Å². The number of nitrogens with one attached hydrogen (secondary N) is 3. The summed E-state index contributed by atoms with van der Waals surface area (Å²) in [6, 6.07) is 22.1. The summed E-state index contributed by atoms with van der Waals surface area (Å²) in [4.78, 5) is 26.4. The number of hydrogen-bond acceptors (Lipinski definition) is 7. The van der Waals surface area contributed by atoms with Crippen LogP contribution in [0.25, 0.3) is 56.1 Å². The summed E-state index contributed by atoms with van der Waals surface area (Å²) in [5.41, 5.74) is 8.73. The lowest BCUT2D eigenvalue weighted by molar-refractivity contribution is 0.691. The smallest absolute Gasteiger partial charge is 0.159 e. The monoisotopic (exact) mass is 509 g/mol. The number of aromatic amines is 2. The molecule has 9 heteroatoms. The molecule has 0 aliphatic rings. The maximum atomic E-state index is 4.88. The maximum absolute atomic E-state index is 4.88. The zero-order valence-corrected chi connectivity index (χ0v) is 20.8. The van der Waals surface area contributed by atoms with E-state index < -0.39 is 0 Å². The fraction of sp³-hybridized carbons (Fsp3) is 0.0667. The van der Waals surface area contributed by atoms with Gasteiger partial charge in [0.1, 0.15) is 16.9 Å². The van der Waals surface area contributed by atoms with Crippen molar-refractivity contribution in [2.45, 2.75) is 13.1 Å². The van der Waals surface area contributed by atoms with Gasteiger partial charge < -0.3 is 10.3 Å². The number of fused-ring (bicyclic) bond motifs is 2. The first-order valence-corrected chi connectivity index (χ1v) is 12.6. The molecule has 0 saturated heterocycles. The Morgan fingerprint density at radius 3 is 2.49 bits per heavy atom. The second kappa shape index (κ2) is 9.88. The fourth-order valence-corrected chi connectivity index (χ4v) is 4.66. The van der Waals surface area contributed by atoms with Crippen molar-refractivity contribution in [1.29, 1.82) is 0 Å². The van der Waals surface area contributed by atoms with Crippen LogP contribution in [0.15, 0.2) is 97.7 Å². The molecule has 0 aliphatic heterocycles. The highest BCUT2D eigenvalue weighted by Crippen LogP contribution is 2.31. The molecule has 0 amide bonds. The third-order valence-electron chi connectivity index (χ3n) is 6.57. The van der Waals surface area contributed by atoms with Crippen LogP contribution in [-0.2, 0) is 13.1 Å². The molecule has 0 fully saturated rings. The van der Waals surface area contributed by atoms with E-state index in [1.165, 1.54) is 5.56 Å². The second-order valence-corrected chi connectivity index (χ2v) is 9.21. The highest BCUT2D eigenvalue weighted by molar-refractivity contribution is 5.96. The summed E-state index contributed by atoms with van der Waals surface area (Å²) in [5.74, 6) is 0.649. The Bertz CT molecular complexity index is 1890. The lowest BCUT2D eigenvalue weighted by Gasteiger charge is -2.07. The van der Waals surface area contributed by atoms with Gasteiger partial charge in [0.2, 0.25) is 0 Å². The molecule has 0 atom stereocenters. The van der Waals surface area contributed by atoms with E-state index in [4.69, 9.17) is 4.98 Å². The number of rotatable bonds is 7. The molecule has 7 aromatic rings. The Kier molecular flexibility index (Phi) is 5.80. The molecule has 0 spiro atoms. The van der Waals surface area contributed by atoms with Gasteiger partial charge in [0.15, 0.2) is 5.82 Å². The maximum Gasteiger partial charge on any atom is 0.159 e. The first-order chi connectivity index (χ1) is 19.3. The SMILES string of the molecule is c1ccc(CNCc2cncc(-c3cc4c(-c5nc6c(-c7ccccn7)nccc6[nH]5)n[nH]c4cn3)c2)cc1. The van der Waals surface area contributed by atoms with Crippen molar-refractivity contribution in [3.8, 4) is 34.2 Å². The number of benzene rings is 1. The van der Waals surface area contributed by atoms with Crippen LogP contribution >= 0.6 is 0 Å². The number of nitrogens with zero attached hydrogens (tertiary/aromatic N) is 6. The van der Waals surface area contributed by atoms with Gasteiger partial charge >= 0.3 is 0 Å². The average Bonchev–Trinajstić information content (AvgIpc) is 3.62. The molecule has 0 radical (unpaired) electrons. The van der Waals surface area contributed by atoms with E-state index >= 15 is 0 Å². The third kappa shape index (κ3) is 4.51. The summed E-state index contributed by atoms with van der Waals surface area (Å²) in [6.07, 6.45) is 9.02. The Morgan fingerprint density at radius 1 is 0.692 bits per heavy atom. The van der Waals surface area contributed by atoms with Crippen LogP contribution in [0, 0.1) is 0 Å². The van der Waals surface area contributed by atoms with Crippen LogP contribution in [0.3, 0.4) is 0 Å². The highest BCUT2D eigenvalue weighted by atomic mass is 15.1. The predicted molar refractivity (Wildman–Crippen MR) is 150 cm³/mol. The Balaban J connectivity index is 1.20. The molecule has 0 saturated carbocycles. The minimum atomic E-state index is 0.649. The Morgan fingerprint density at radius 2 is 1.59 bits per heavy atom. The molecule has 3 N–H and O–H groups in total. The highest BCUT2D eigenvalue weighted by Gasteiger charge is 2.17. The molecular formula is C30H23N9. The molecule has 6 aromatic heterocycles. The van der Waals surface area contributed by atoms with Crippen LogP contribution in [0.5, 0.6) is 0 Å². The van der Waals surface area contributed by atoms with E-state index in [-0.39, 0.29) is 0 Å². The number of pyridine rings is 4. The molecule has 39 heavy (non-hydrogen) atoms. The number of H-pyrrole nitrogens is 2. The number of imidazole rings is 1. The van der Waals surface area contributed by atoms with Crippen molar-refractivity contribution in [2.24, 2.45) is 0 Å². The van der Waals surface area contributed by atoms with Gasteiger partial charge in [0.05, 0.1) is 28.6 Å². The van der Waals surface area contributed by atoms with Gasteiger partial charge in [-0.2, -0.15) is 5.10 Å². The fourth-order valence-electron chi connectivity index (χ4n) is 4.66. The van der Waals surface area contributed by atoms with Gasteiger partial charge in [-0.25, -0.2) is 4.98 Å². The summed E-state index contributed by atoms with van der Waals surface area (Å²) in [5, 5.41) is 12.0. The molecular weight excluding hydrogens is 486 g/mol. The van der Waals surface area contributed by atoms with E-state index in [2.05, 4.69) is 58.6 Å². The van der Waals surface area contributed by atoms with E-state index in [0.717, 1.165) is 56.7 Å². The van der Waals surface area contributed by atoms with Crippen LogP contribution in [0.2, 0.25) is 0 Å². The number of aromatic nitrogens is 8. The van der Waals surface area contributed by atoms with Gasteiger partial charge in [-0.15, -0.1) is 0 Å². The summed E-state index contributed by atoms with van der Waals surface area (Å²) in [7, 11) is 0. The topological polar surface area (TPSA) is 121 Å². The lowest BCUT2D eigenvalue weighted by Crippen LogP contribution is -2.12. The lowest BCUT2D eigenvalue weighted by atomic mass is 10.1. The van der Waals surface area contributed by atoms with Crippen molar-refractivity contribution < 1.29 is 0 Å². The summed E-state index contributed by atoms with van der Waals surface area (Å²) in [6.45, 7) is 1.50. The molecule has 0 bridgehead atoms. The molecule has 7 rings (SSSR count). The van der Waals surface area contributed by atoms with Crippen molar-refractivity contribution >= 4 is 21.9 Å². The minimum Gasteiger partial charge on any atom is -0.336 e. The molecule has 9 nitrogen and oxygen atoms in total. The van der Waals surface area contributed by atoms with Crippen molar-refractivity contribution in [2.75, 3.05) is 0 Å². The zero-order chi connectivity index (χ0) is 26.0. The minimum absolute atomic E-state index is 0.649. The number of hydrogen-bond donors (Lipinski definition) is 3. The summed E-state index contributed by atoms with van der Waals surface area (Å²) >= 11 is 0. The van der Waals surface area contributed by atoms with E-state index in [1.54, 1.807) is 18.6 Å². The van der Waals surface area contributed by atoms with Gasteiger partial charge in [-0.05, 0) is 41.5 Å². The van der Waals surface area contributed by atoms with Gasteiger partial charge in [0.25, 0.3) is 0 Å². The Hall–Kier alpha value is -5.28.